The van der Waals surface area contributed by atoms with Gasteiger partial charge in [0.25, 0.3) is 5.56 Å². The number of aromatic nitrogens is 3. The number of hydrogen-bond donors (Lipinski definition) is 2. The predicted octanol–water partition coefficient (Wildman–Crippen LogP) is 4.74. The van der Waals surface area contributed by atoms with Crippen molar-refractivity contribution in [3.8, 4) is 0 Å². The van der Waals surface area contributed by atoms with Crippen molar-refractivity contribution in [1.82, 2.24) is 14.4 Å². The zero-order valence-electron chi connectivity index (χ0n) is 18.1. The first-order valence-electron chi connectivity index (χ1n) is 10.7. The number of alkyl halides is 3. The molecule has 2 unspecified atom stereocenters. The van der Waals surface area contributed by atoms with E-state index in [1.165, 1.54) is 23.1 Å². The van der Waals surface area contributed by atoms with Crippen LogP contribution in [0.1, 0.15) is 41.0 Å². The van der Waals surface area contributed by atoms with Gasteiger partial charge in [0.2, 0.25) is 0 Å². The molecule has 3 aromatic heterocycles. The second kappa shape index (κ2) is 8.27. The lowest BCUT2D eigenvalue weighted by Crippen LogP contribution is -2.34. The van der Waals surface area contributed by atoms with Crippen LogP contribution in [0.3, 0.4) is 0 Å². The van der Waals surface area contributed by atoms with Gasteiger partial charge in [0.05, 0.1) is 16.8 Å². The van der Waals surface area contributed by atoms with Gasteiger partial charge in [-0.05, 0) is 43.4 Å². The van der Waals surface area contributed by atoms with Crippen LogP contribution in [-0.2, 0) is 6.18 Å². The number of hydrogen-bond acceptors (Lipinski definition) is 6. The summed E-state index contributed by atoms with van der Waals surface area (Å²) in [7, 11) is 0. The molecular weight excluding hydrogens is 510 g/mol. The Labute approximate surface area is 206 Å². The highest BCUT2D eigenvalue weighted by Gasteiger charge is 2.48. The van der Waals surface area contributed by atoms with E-state index < -0.39 is 35.1 Å². The van der Waals surface area contributed by atoms with Gasteiger partial charge >= 0.3 is 12.1 Å². The third-order valence-electron chi connectivity index (χ3n) is 6.36. The van der Waals surface area contributed by atoms with Gasteiger partial charge in [-0.2, -0.15) is 13.2 Å². The number of carboxylic acids is 1. The lowest BCUT2D eigenvalue weighted by Gasteiger charge is -2.25. The third kappa shape index (κ3) is 4.27. The van der Waals surface area contributed by atoms with Crippen LogP contribution in [0.2, 0.25) is 10.2 Å². The number of piperidine rings is 1. The summed E-state index contributed by atoms with van der Waals surface area (Å²) in [6, 6.07) is 3.58. The number of nitrogens with one attached hydrogen (secondary N) is 1. The molecule has 1 aliphatic heterocycles. The number of pyridine rings is 2. The summed E-state index contributed by atoms with van der Waals surface area (Å²) in [6.07, 6.45) is -2.85. The van der Waals surface area contributed by atoms with E-state index in [9.17, 15) is 27.9 Å². The first kappa shape index (κ1) is 23.7. The molecule has 0 spiro atoms. The van der Waals surface area contributed by atoms with E-state index in [0.29, 0.717) is 30.5 Å². The summed E-state index contributed by atoms with van der Waals surface area (Å²) >= 11 is 12.0. The molecule has 13 heteroatoms. The minimum atomic E-state index is -4.91. The molecule has 1 saturated carbocycles. The Morgan fingerprint density at radius 2 is 1.91 bits per heavy atom. The molecule has 0 aromatic carbocycles. The van der Waals surface area contributed by atoms with Gasteiger partial charge in [0.1, 0.15) is 16.6 Å². The van der Waals surface area contributed by atoms with E-state index in [0.717, 1.165) is 17.0 Å². The van der Waals surface area contributed by atoms with E-state index in [1.807, 2.05) is 0 Å². The van der Waals surface area contributed by atoms with Gasteiger partial charge in [0, 0.05) is 24.8 Å². The molecule has 3 aromatic rings. The Morgan fingerprint density at radius 3 is 2.54 bits per heavy atom. The van der Waals surface area contributed by atoms with Crippen molar-refractivity contribution in [3.63, 3.8) is 0 Å². The molecule has 35 heavy (non-hydrogen) atoms. The summed E-state index contributed by atoms with van der Waals surface area (Å²) in [5.74, 6) is -1.09. The maximum Gasteiger partial charge on any atom is 0.425 e. The molecular formula is C22H18Cl2F3N5O3. The van der Waals surface area contributed by atoms with E-state index in [4.69, 9.17) is 23.2 Å². The zero-order valence-corrected chi connectivity index (χ0v) is 19.6. The van der Waals surface area contributed by atoms with E-state index in [1.54, 1.807) is 6.92 Å². The molecule has 5 rings (SSSR count). The van der Waals surface area contributed by atoms with Gasteiger partial charge in [-0.3, -0.25) is 9.20 Å². The standard InChI is InChI=1S/C22H18Cl2F3N5O3/c1-9(28-14-2-3-15(24)29-17(14)21(34)35)13-5-12(23)8-32-18(13)30-19(16(20(32)33)22(25,26)27)31-6-10-4-11(10)7-31/h2-3,5,8-11,28H,4,6-7H2,1H3,(H,34,35)/t9-,10?,11?/m1/s1. The number of nitrogens with zero attached hydrogens (tertiary/aromatic N) is 4. The van der Waals surface area contributed by atoms with Gasteiger partial charge in [-0.15, -0.1) is 0 Å². The predicted molar refractivity (Wildman–Crippen MR) is 124 cm³/mol. The van der Waals surface area contributed by atoms with Crippen LogP contribution in [0.5, 0.6) is 0 Å². The van der Waals surface area contributed by atoms with Gasteiger partial charge < -0.3 is 15.3 Å². The molecule has 0 bridgehead atoms. The van der Waals surface area contributed by atoms with Crippen molar-refractivity contribution in [2.24, 2.45) is 11.8 Å². The van der Waals surface area contributed by atoms with Crippen molar-refractivity contribution in [2.75, 3.05) is 23.3 Å². The van der Waals surface area contributed by atoms with Gasteiger partial charge in [0.15, 0.2) is 11.3 Å². The maximum absolute atomic E-state index is 14.0. The van der Waals surface area contributed by atoms with E-state index in [2.05, 4.69) is 15.3 Å². The minimum absolute atomic E-state index is 0.0122. The van der Waals surface area contributed by atoms with Crippen LogP contribution in [-0.4, -0.2) is 38.5 Å². The first-order chi connectivity index (χ1) is 16.4. The topological polar surface area (TPSA) is 99.8 Å². The number of carbonyl (C=O) groups is 1. The SMILES string of the molecule is C[C@@H](Nc1ccc(Cl)nc1C(=O)O)c1cc(Cl)cn2c(=O)c(C(F)(F)F)c(N3CC4CC4C3)nc12. The summed E-state index contributed by atoms with van der Waals surface area (Å²) in [4.78, 5) is 34.4. The Hall–Kier alpha value is -3.05. The highest BCUT2D eigenvalue weighted by Crippen LogP contribution is 2.47. The summed E-state index contributed by atoms with van der Waals surface area (Å²) in [6.45, 7) is 2.46. The first-order valence-corrected chi connectivity index (χ1v) is 11.4. The number of rotatable bonds is 5. The molecule has 8 nitrogen and oxygen atoms in total. The molecule has 0 radical (unpaired) electrons. The third-order valence-corrected chi connectivity index (χ3v) is 6.78. The van der Waals surface area contributed by atoms with Gasteiger partial charge in [-0.25, -0.2) is 14.8 Å². The van der Waals surface area contributed by atoms with Crippen LogP contribution in [0.25, 0.3) is 5.65 Å². The van der Waals surface area contributed by atoms with Crippen LogP contribution < -0.4 is 15.8 Å². The second-order valence-corrected chi connectivity index (χ2v) is 9.61. The molecule has 4 heterocycles. The Bertz CT molecular complexity index is 1420. The fraction of sp³-hybridized carbons (Fsp3) is 0.364. The Morgan fingerprint density at radius 1 is 1.23 bits per heavy atom. The average molecular weight is 528 g/mol. The molecule has 2 fully saturated rings. The summed E-state index contributed by atoms with van der Waals surface area (Å²) in [5, 5.41) is 12.4. The van der Waals surface area contributed by atoms with Crippen molar-refractivity contribution < 1.29 is 23.1 Å². The second-order valence-electron chi connectivity index (χ2n) is 8.78. The largest absolute Gasteiger partial charge is 0.476 e. The smallest absolute Gasteiger partial charge is 0.425 e. The molecule has 2 aliphatic rings. The van der Waals surface area contributed by atoms with Crippen molar-refractivity contribution in [3.05, 3.63) is 61.7 Å². The highest BCUT2D eigenvalue weighted by molar-refractivity contribution is 6.30. The lowest BCUT2D eigenvalue weighted by molar-refractivity contribution is -0.138. The Kier molecular flexibility index (Phi) is 5.59. The van der Waals surface area contributed by atoms with Crippen molar-refractivity contribution in [2.45, 2.75) is 25.6 Å². The number of anilines is 2. The molecule has 2 N–H and O–H groups in total. The fourth-order valence-corrected chi connectivity index (χ4v) is 4.97. The number of fused-ring (bicyclic) bond motifs is 2. The maximum atomic E-state index is 14.0. The zero-order chi connectivity index (χ0) is 25.2. The van der Waals surface area contributed by atoms with E-state index in [-0.39, 0.29) is 27.2 Å². The van der Waals surface area contributed by atoms with Crippen molar-refractivity contribution >= 4 is 46.3 Å². The molecule has 1 saturated heterocycles. The highest BCUT2D eigenvalue weighted by atomic mass is 35.5. The molecule has 1 aliphatic carbocycles. The summed E-state index contributed by atoms with van der Waals surface area (Å²) < 4.78 is 42.8. The number of aromatic carboxylic acids is 1. The van der Waals surface area contributed by atoms with Crippen LogP contribution in [0, 0.1) is 11.8 Å². The number of carboxylic acid groups (broad SMARTS) is 1. The lowest BCUT2D eigenvalue weighted by atomic mass is 10.1. The molecule has 3 atom stereocenters. The summed E-state index contributed by atoms with van der Waals surface area (Å²) in [5.41, 5.74) is -2.52. The van der Waals surface area contributed by atoms with Crippen LogP contribution in [0.4, 0.5) is 24.7 Å². The normalized spacial score (nSPS) is 20.1. The fourth-order valence-electron chi connectivity index (χ4n) is 4.61. The average Bonchev–Trinajstić information content (AvgIpc) is 3.38. The van der Waals surface area contributed by atoms with E-state index >= 15 is 0 Å². The van der Waals surface area contributed by atoms with Crippen LogP contribution >= 0.6 is 23.2 Å². The quantitative estimate of drug-likeness (QED) is 0.462. The number of halogens is 5. The molecule has 184 valence electrons. The molecule has 0 amide bonds. The van der Waals surface area contributed by atoms with Crippen LogP contribution in [0.15, 0.2) is 29.2 Å². The Balaban J connectivity index is 1.66. The van der Waals surface area contributed by atoms with Gasteiger partial charge in [-0.1, -0.05) is 23.2 Å². The van der Waals surface area contributed by atoms with Crippen molar-refractivity contribution in [1.29, 1.82) is 0 Å². The minimum Gasteiger partial charge on any atom is -0.476 e. The monoisotopic (exact) mass is 527 g/mol.